The van der Waals surface area contributed by atoms with Crippen molar-refractivity contribution in [2.24, 2.45) is 0 Å². The Hall–Kier alpha value is -3.48. The van der Waals surface area contributed by atoms with Gasteiger partial charge in [-0.25, -0.2) is 4.98 Å². The van der Waals surface area contributed by atoms with E-state index in [2.05, 4.69) is 20.5 Å². The van der Waals surface area contributed by atoms with Crippen molar-refractivity contribution in [1.82, 2.24) is 29.5 Å². The summed E-state index contributed by atoms with van der Waals surface area (Å²) in [5.41, 5.74) is 2.09. The molecule has 0 aliphatic heterocycles. The molecule has 0 saturated carbocycles. The number of para-hydroxylation sites is 1. The van der Waals surface area contributed by atoms with Crippen molar-refractivity contribution in [1.29, 1.82) is 0 Å². The molecule has 7 nitrogen and oxygen atoms in total. The van der Waals surface area contributed by atoms with Crippen molar-refractivity contribution >= 4 is 11.6 Å². The number of amides is 1. The van der Waals surface area contributed by atoms with E-state index in [1.165, 1.54) is 0 Å². The summed E-state index contributed by atoms with van der Waals surface area (Å²) < 4.78 is 3.61. The minimum Gasteiger partial charge on any atom is -0.341 e. The van der Waals surface area contributed by atoms with E-state index in [4.69, 9.17) is 0 Å². The van der Waals surface area contributed by atoms with E-state index >= 15 is 0 Å². The Morgan fingerprint density at radius 1 is 1.08 bits per heavy atom. The molecule has 1 atom stereocenters. The van der Waals surface area contributed by atoms with Gasteiger partial charge in [-0.3, -0.25) is 13.8 Å². The Balaban J connectivity index is 1.60. The van der Waals surface area contributed by atoms with Crippen molar-refractivity contribution in [3.63, 3.8) is 0 Å². The van der Waals surface area contributed by atoms with Crippen LogP contribution in [-0.2, 0) is 0 Å². The third kappa shape index (κ3) is 2.76. The fourth-order valence-corrected chi connectivity index (χ4v) is 2.75. The van der Waals surface area contributed by atoms with Crippen molar-refractivity contribution in [3.05, 3.63) is 78.8 Å². The van der Waals surface area contributed by atoms with Gasteiger partial charge in [0.15, 0.2) is 11.5 Å². The lowest BCUT2D eigenvalue weighted by Crippen LogP contribution is -2.29. The SMILES string of the molecule is CC(NC(=O)c1cncn1-c1ccccc1)c1nnc2ccccn12. The fourth-order valence-electron chi connectivity index (χ4n) is 2.75. The number of hydrogen-bond donors (Lipinski definition) is 1. The number of pyridine rings is 1. The molecule has 4 rings (SSSR count). The maximum Gasteiger partial charge on any atom is 0.270 e. The minimum absolute atomic E-state index is 0.221. The second kappa shape index (κ2) is 6.20. The lowest BCUT2D eigenvalue weighted by Gasteiger charge is -2.13. The highest BCUT2D eigenvalue weighted by Crippen LogP contribution is 2.15. The molecule has 0 bridgehead atoms. The predicted octanol–water partition coefficient (Wildman–Crippen LogP) is 2.41. The molecule has 3 heterocycles. The summed E-state index contributed by atoms with van der Waals surface area (Å²) in [5.74, 6) is 0.455. The topological polar surface area (TPSA) is 77.1 Å². The molecular formula is C18H16N6O. The summed E-state index contributed by atoms with van der Waals surface area (Å²) in [5, 5.41) is 11.3. The van der Waals surface area contributed by atoms with Gasteiger partial charge in [0.25, 0.3) is 5.91 Å². The number of nitrogens with zero attached hydrogens (tertiary/aromatic N) is 5. The molecule has 0 aliphatic rings. The van der Waals surface area contributed by atoms with E-state index in [0.717, 1.165) is 11.3 Å². The summed E-state index contributed by atoms with van der Waals surface area (Å²) in [6.45, 7) is 1.88. The smallest absolute Gasteiger partial charge is 0.270 e. The van der Waals surface area contributed by atoms with Crippen LogP contribution >= 0.6 is 0 Å². The van der Waals surface area contributed by atoms with Crippen molar-refractivity contribution in [2.45, 2.75) is 13.0 Å². The number of fused-ring (bicyclic) bond motifs is 1. The van der Waals surface area contributed by atoms with Gasteiger partial charge in [-0.2, -0.15) is 0 Å². The number of imidazole rings is 1. The Bertz CT molecular complexity index is 1020. The van der Waals surface area contributed by atoms with E-state index in [-0.39, 0.29) is 11.9 Å². The second-order valence-electron chi connectivity index (χ2n) is 5.67. The van der Waals surface area contributed by atoms with E-state index in [1.807, 2.05) is 66.1 Å². The van der Waals surface area contributed by atoms with Crippen molar-refractivity contribution < 1.29 is 4.79 Å². The third-order valence-electron chi connectivity index (χ3n) is 3.98. The zero-order chi connectivity index (χ0) is 17.2. The highest BCUT2D eigenvalue weighted by atomic mass is 16.2. The molecule has 0 fully saturated rings. The van der Waals surface area contributed by atoms with Gasteiger partial charge in [-0.05, 0) is 31.2 Å². The number of carbonyl (C=O) groups is 1. The van der Waals surface area contributed by atoms with E-state index in [0.29, 0.717) is 11.5 Å². The molecule has 1 amide bonds. The highest BCUT2D eigenvalue weighted by Gasteiger charge is 2.19. The van der Waals surface area contributed by atoms with Gasteiger partial charge in [0.1, 0.15) is 5.69 Å². The first-order chi connectivity index (χ1) is 12.2. The van der Waals surface area contributed by atoms with Gasteiger partial charge in [0.2, 0.25) is 0 Å². The second-order valence-corrected chi connectivity index (χ2v) is 5.67. The quantitative estimate of drug-likeness (QED) is 0.622. The van der Waals surface area contributed by atoms with Crippen molar-refractivity contribution in [3.8, 4) is 5.69 Å². The Kier molecular flexibility index (Phi) is 3.74. The predicted molar refractivity (Wildman–Crippen MR) is 92.4 cm³/mol. The lowest BCUT2D eigenvalue weighted by atomic mass is 10.2. The molecule has 25 heavy (non-hydrogen) atoms. The maximum absolute atomic E-state index is 12.7. The summed E-state index contributed by atoms with van der Waals surface area (Å²) in [7, 11) is 0. The maximum atomic E-state index is 12.7. The molecule has 1 aromatic carbocycles. The first-order valence-electron chi connectivity index (χ1n) is 7.92. The van der Waals surface area contributed by atoms with Crippen LogP contribution in [0.2, 0.25) is 0 Å². The number of carbonyl (C=O) groups excluding carboxylic acids is 1. The standard InChI is InChI=1S/C18H16N6O/c1-13(17-22-21-16-9-5-6-10-23(16)17)20-18(25)15-11-19-12-24(15)14-7-3-2-4-8-14/h2-13H,1H3,(H,20,25). The Morgan fingerprint density at radius 2 is 1.88 bits per heavy atom. The average molecular weight is 332 g/mol. The van der Waals surface area contributed by atoms with Crippen LogP contribution < -0.4 is 5.32 Å². The molecule has 1 unspecified atom stereocenters. The molecule has 0 aliphatic carbocycles. The zero-order valence-electron chi connectivity index (χ0n) is 13.6. The van der Waals surface area contributed by atoms with Gasteiger partial charge in [-0.15, -0.1) is 10.2 Å². The molecule has 4 aromatic rings. The van der Waals surface area contributed by atoms with Crippen LogP contribution in [0, 0.1) is 0 Å². The van der Waals surface area contributed by atoms with Gasteiger partial charge in [0.05, 0.1) is 18.6 Å². The molecule has 3 aromatic heterocycles. The summed E-state index contributed by atoms with van der Waals surface area (Å²) in [4.78, 5) is 16.8. The monoisotopic (exact) mass is 332 g/mol. The first kappa shape index (κ1) is 15.1. The Labute approximate surface area is 144 Å². The van der Waals surface area contributed by atoms with Gasteiger partial charge in [0, 0.05) is 11.9 Å². The van der Waals surface area contributed by atoms with Crippen LogP contribution in [0.3, 0.4) is 0 Å². The number of rotatable bonds is 4. The normalized spacial score (nSPS) is 12.2. The van der Waals surface area contributed by atoms with Gasteiger partial charge in [-0.1, -0.05) is 24.3 Å². The van der Waals surface area contributed by atoms with Crippen molar-refractivity contribution in [2.75, 3.05) is 0 Å². The van der Waals surface area contributed by atoms with E-state index in [1.54, 1.807) is 17.1 Å². The van der Waals surface area contributed by atoms with Gasteiger partial charge < -0.3 is 5.32 Å². The summed E-state index contributed by atoms with van der Waals surface area (Å²) in [6, 6.07) is 15.0. The molecule has 7 heteroatoms. The van der Waals surface area contributed by atoms with E-state index < -0.39 is 0 Å². The molecule has 124 valence electrons. The highest BCUT2D eigenvalue weighted by molar-refractivity contribution is 5.93. The van der Waals surface area contributed by atoms with E-state index in [9.17, 15) is 4.79 Å². The Morgan fingerprint density at radius 3 is 2.72 bits per heavy atom. The number of hydrogen-bond acceptors (Lipinski definition) is 4. The van der Waals surface area contributed by atoms with Gasteiger partial charge >= 0.3 is 0 Å². The van der Waals surface area contributed by atoms with Crippen LogP contribution in [0.1, 0.15) is 29.3 Å². The molecule has 0 spiro atoms. The van der Waals surface area contributed by atoms with Crippen LogP contribution in [0.25, 0.3) is 11.3 Å². The lowest BCUT2D eigenvalue weighted by molar-refractivity contribution is 0.0931. The largest absolute Gasteiger partial charge is 0.341 e. The third-order valence-corrected chi connectivity index (χ3v) is 3.98. The fraction of sp³-hybridized carbons (Fsp3) is 0.111. The molecule has 0 radical (unpaired) electrons. The van der Waals surface area contributed by atoms with Crippen LogP contribution in [0.4, 0.5) is 0 Å². The van der Waals surface area contributed by atoms with Crippen LogP contribution in [-0.4, -0.2) is 30.1 Å². The van der Waals surface area contributed by atoms with Crippen LogP contribution in [0.5, 0.6) is 0 Å². The first-order valence-corrected chi connectivity index (χ1v) is 7.92. The minimum atomic E-state index is -0.302. The zero-order valence-corrected chi connectivity index (χ0v) is 13.6. The molecular weight excluding hydrogens is 316 g/mol. The summed E-state index contributed by atoms with van der Waals surface area (Å²) in [6.07, 6.45) is 5.06. The number of benzene rings is 1. The number of nitrogens with one attached hydrogen (secondary N) is 1. The molecule has 1 N–H and O–H groups in total. The molecule has 0 saturated heterocycles. The summed E-state index contributed by atoms with van der Waals surface area (Å²) >= 11 is 0. The van der Waals surface area contributed by atoms with Crippen LogP contribution in [0.15, 0.2) is 67.3 Å². The number of aromatic nitrogens is 5. The average Bonchev–Trinajstić information content (AvgIpc) is 3.29.